The van der Waals surface area contributed by atoms with Gasteiger partial charge in [-0.1, -0.05) is 6.08 Å². The fraction of sp³-hybridized carbons (Fsp3) is 0.600. The first kappa shape index (κ1) is 8.68. The maximum absolute atomic E-state index is 8.69. The minimum absolute atomic E-state index is 0.307. The van der Waals surface area contributed by atoms with Crippen LogP contribution in [-0.4, -0.2) is 25.6 Å². The molecule has 4 heteroatoms. The average Bonchev–Trinajstić information content (AvgIpc) is 1.85. The molecular weight excluding hydrogens is 119 g/mol. The molecule has 0 radical (unpaired) electrons. The molecule has 0 saturated carbocycles. The highest BCUT2D eigenvalue weighted by molar-refractivity contribution is 6.34. The van der Waals surface area contributed by atoms with Crippen LogP contribution >= 0.6 is 0 Å². The smallest absolute Gasteiger partial charge is 0.402 e. The largest absolute Gasteiger partial charge is 0.636 e. The third-order valence-electron chi connectivity index (χ3n) is 0.666. The highest BCUT2D eigenvalue weighted by Gasteiger charge is 2.11. The van der Waals surface area contributed by atoms with Crippen LogP contribution in [0.5, 0.6) is 0 Å². The summed E-state index contributed by atoms with van der Waals surface area (Å²) >= 11 is 0. The summed E-state index contributed by atoms with van der Waals surface area (Å²) in [5.41, 5.74) is 0. The first-order valence-corrected chi connectivity index (χ1v) is 2.83. The monoisotopic (exact) mass is 130 g/mol. The molecule has 0 aromatic carbocycles. The summed E-state index contributed by atoms with van der Waals surface area (Å²) in [4.78, 5) is 0. The van der Waals surface area contributed by atoms with Crippen molar-refractivity contribution in [2.75, 3.05) is 13.2 Å². The van der Waals surface area contributed by atoms with Gasteiger partial charge >= 0.3 is 7.32 Å². The van der Waals surface area contributed by atoms with Gasteiger partial charge in [-0.3, -0.25) is 0 Å². The standard InChI is InChI=1S/C5H11BO3/c1-3-5-9-6(7)8-4-2/h3,7H,1,4-5H2,2H3. The van der Waals surface area contributed by atoms with Crippen LogP contribution in [0, 0.1) is 0 Å². The number of hydrogen-bond acceptors (Lipinski definition) is 3. The Kier molecular flexibility index (Phi) is 5.61. The summed E-state index contributed by atoms with van der Waals surface area (Å²) in [5.74, 6) is 0. The number of hydrogen-bond donors (Lipinski definition) is 1. The van der Waals surface area contributed by atoms with Gasteiger partial charge in [-0.05, 0) is 6.92 Å². The van der Waals surface area contributed by atoms with Crippen LogP contribution in [0.2, 0.25) is 0 Å². The SMILES string of the molecule is C=CCOB(O)OCC. The van der Waals surface area contributed by atoms with Gasteiger partial charge in [0.25, 0.3) is 0 Å². The van der Waals surface area contributed by atoms with Crippen molar-refractivity contribution in [3.63, 3.8) is 0 Å². The highest BCUT2D eigenvalue weighted by Crippen LogP contribution is 1.83. The summed E-state index contributed by atoms with van der Waals surface area (Å²) in [5, 5.41) is 8.69. The van der Waals surface area contributed by atoms with E-state index in [0.717, 1.165) is 0 Å². The van der Waals surface area contributed by atoms with E-state index in [1.54, 1.807) is 13.0 Å². The molecule has 0 unspecified atom stereocenters. The van der Waals surface area contributed by atoms with Crippen molar-refractivity contribution in [2.45, 2.75) is 6.92 Å². The van der Waals surface area contributed by atoms with Crippen LogP contribution in [0.25, 0.3) is 0 Å². The Morgan fingerprint density at radius 2 is 2.33 bits per heavy atom. The predicted octanol–water partition coefficient (Wildman–Crippen LogP) is 0.203. The molecule has 0 aromatic rings. The maximum atomic E-state index is 8.69. The van der Waals surface area contributed by atoms with Crippen molar-refractivity contribution in [1.82, 2.24) is 0 Å². The van der Waals surface area contributed by atoms with Crippen molar-refractivity contribution in [1.29, 1.82) is 0 Å². The lowest BCUT2D eigenvalue weighted by atomic mass is 10.2. The predicted molar refractivity (Wildman–Crippen MR) is 35.7 cm³/mol. The first-order valence-electron chi connectivity index (χ1n) is 2.83. The molecule has 0 aromatic heterocycles. The molecule has 0 aliphatic heterocycles. The molecule has 3 nitrogen and oxygen atoms in total. The quantitative estimate of drug-likeness (QED) is 0.426. The molecule has 1 N–H and O–H groups in total. The second-order valence-corrected chi connectivity index (χ2v) is 1.38. The molecule has 9 heavy (non-hydrogen) atoms. The van der Waals surface area contributed by atoms with Gasteiger partial charge in [-0.15, -0.1) is 6.58 Å². The Labute approximate surface area is 55.5 Å². The van der Waals surface area contributed by atoms with Gasteiger partial charge in [0.15, 0.2) is 0 Å². The Bertz CT molecular complexity index is 76.6. The van der Waals surface area contributed by atoms with Gasteiger partial charge in [0, 0.05) is 6.61 Å². The Morgan fingerprint density at radius 1 is 1.67 bits per heavy atom. The topological polar surface area (TPSA) is 38.7 Å². The third kappa shape index (κ3) is 5.56. The summed E-state index contributed by atoms with van der Waals surface area (Å²) < 4.78 is 9.28. The summed E-state index contributed by atoms with van der Waals surface area (Å²) in [6.07, 6.45) is 1.54. The van der Waals surface area contributed by atoms with Crippen molar-refractivity contribution < 1.29 is 14.3 Å². The van der Waals surface area contributed by atoms with Gasteiger partial charge in [0.05, 0.1) is 6.61 Å². The summed E-state index contributed by atoms with van der Waals surface area (Å²) in [6.45, 7) is 5.93. The van der Waals surface area contributed by atoms with Gasteiger partial charge in [-0.25, -0.2) is 0 Å². The lowest BCUT2D eigenvalue weighted by Crippen LogP contribution is -2.22. The van der Waals surface area contributed by atoms with Gasteiger partial charge < -0.3 is 14.3 Å². The fourth-order valence-electron chi connectivity index (χ4n) is 0.341. The number of rotatable bonds is 5. The third-order valence-corrected chi connectivity index (χ3v) is 0.666. The summed E-state index contributed by atoms with van der Waals surface area (Å²) in [7, 11) is -1.10. The fourth-order valence-corrected chi connectivity index (χ4v) is 0.341. The van der Waals surface area contributed by atoms with E-state index in [9.17, 15) is 0 Å². The molecule has 0 amide bonds. The highest BCUT2D eigenvalue weighted by atomic mass is 16.7. The molecule has 0 heterocycles. The molecule has 0 rings (SSSR count). The lowest BCUT2D eigenvalue weighted by molar-refractivity contribution is 0.152. The zero-order valence-electron chi connectivity index (χ0n) is 5.54. The summed E-state index contributed by atoms with van der Waals surface area (Å²) in [6, 6.07) is 0. The zero-order valence-corrected chi connectivity index (χ0v) is 5.54. The molecule has 0 spiro atoms. The minimum Gasteiger partial charge on any atom is -0.402 e. The molecular formula is C5H11BO3. The van der Waals surface area contributed by atoms with Crippen LogP contribution < -0.4 is 0 Å². The normalized spacial score (nSPS) is 9.11. The molecule has 0 aliphatic carbocycles. The lowest BCUT2D eigenvalue weighted by Gasteiger charge is -2.02. The maximum Gasteiger partial charge on any atom is 0.636 e. The van der Waals surface area contributed by atoms with E-state index in [-0.39, 0.29) is 0 Å². The average molecular weight is 130 g/mol. The van der Waals surface area contributed by atoms with Crippen molar-refractivity contribution in [3.8, 4) is 0 Å². The van der Waals surface area contributed by atoms with Crippen LogP contribution in [0.3, 0.4) is 0 Å². The zero-order chi connectivity index (χ0) is 7.11. The Morgan fingerprint density at radius 3 is 2.78 bits per heavy atom. The minimum atomic E-state index is -1.10. The van der Waals surface area contributed by atoms with E-state index in [1.807, 2.05) is 0 Å². The first-order chi connectivity index (χ1) is 4.31. The van der Waals surface area contributed by atoms with E-state index in [0.29, 0.717) is 13.2 Å². The Balaban J connectivity index is 3.04. The molecule has 52 valence electrons. The van der Waals surface area contributed by atoms with Crippen LogP contribution in [0.15, 0.2) is 12.7 Å². The Hall–Kier alpha value is -0.315. The van der Waals surface area contributed by atoms with E-state index >= 15 is 0 Å². The van der Waals surface area contributed by atoms with E-state index < -0.39 is 7.32 Å². The van der Waals surface area contributed by atoms with Crippen LogP contribution in [0.1, 0.15) is 6.92 Å². The molecule has 0 bridgehead atoms. The van der Waals surface area contributed by atoms with Crippen molar-refractivity contribution >= 4 is 7.32 Å². The van der Waals surface area contributed by atoms with Gasteiger partial charge in [0.2, 0.25) is 0 Å². The van der Waals surface area contributed by atoms with E-state index in [1.165, 1.54) is 0 Å². The molecule has 0 atom stereocenters. The molecule has 0 aliphatic rings. The molecule has 0 saturated heterocycles. The van der Waals surface area contributed by atoms with Crippen LogP contribution in [0.4, 0.5) is 0 Å². The van der Waals surface area contributed by atoms with E-state index in [4.69, 9.17) is 5.02 Å². The van der Waals surface area contributed by atoms with Gasteiger partial charge in [-0.2, -0.15) is 0 Å². The van der Waals surface area contributed by atoms with Crippen LogP contribution in [-0.2, 0) is 9.31 Å². The van der Waals surface area contributed by atoms with Gasteiger partial charge in [0.1, 0.15) is 0 Å². The van der Waals surface area contributed by atoms with E-state index in [2.05, 4.69) is 15.9 Å². The second kappa shape index (κ2) is 5.82. The van der Waals surface area contributed by atoms with Crippen molar-refractivity contribution in [2.24, 2.45) is 0 Å². The van der Waals surface area contributed by atoms with Crippen molar-refractivity contribution in [3.05, 3.63) is 12.7 Å². The second-order valence-electron chi connectivity index (χ2n) is 1.38. The molecule has 0 fully saturated rings.